The van der Waals surface area contributed by atoms with E-state index in [1.807, 2.05) is 44.1 Å². The normalized spacial score (nSPS) is 12.3. The van der Waals surface area contributed by atoms with Gasteiger partial charge >= 0.3 is 0 Å². The van der Waals surface area contributed by atoms with E-state index in [9.17, 15) is 0 Å². The summed E-state index contributed by atoms with van der Waals surface area (Å²) in [5.74, 6) is 2.38. The van der Waals surface area contributed by atoms with Crippen LogP contribution in [0, 0.1) is 0 Å². The summed E-state index contributed by atoms with van der Waals surface area (Å²) < 4.78 is 7.59. The Morgan fingerprint density at radius 2 is 2.24 bits per heavy atom. The smallest absolute Gasteiger partial charge is 0.193 e. The molecule has 0 radical (unpaired) electrons. The van der Waals surface area contributed by atoms with Gasteiger partial charge in [-0.05, 0) is 25.1 Å². The van der Waals surface area contributed by atoms with Crippen LogP contribution in [-0.2, 0) is 13.6 Å². The van der Waals surface area contributed by atoms with Crippen molar-refractivity contribution < 1.29 is 4.74 Å². The zero-order valence-corrected chi connectivity index (χ0v) is 17.9. The number of nitrogens with zero attached hydrogens (tertiary/aromatic N) is 5. The standard InChI is InChI=1S/C16H23ClN6O.HI/c1-12(24-14-7-5-6-13(17)8-14)9-19-16(18-2)22(3)10-15-20-11-21-23(15)4;/h5-8,11-12H,9-10H2,1-4H3,(H,18,19);1H. The van der Waals surface area contributed by atoms with Crippen LogP contribution >= 0.6 is 35.6 Å². The van der Waals surface area contributed by atoms with E-state index < -0.39 is 0 Å². The number of aliphatic imine (C=N–C) groups is 1. The van der Waals surface area contributed by atoms with Crippen molar-refractivity contribution in [1.29, 1.82) is 0 Å². The molecule has 0 fully saturated rings. The monoisotopic (exact) mass is 478 g/mol. The number of halogens is 2. The summed E-state index contributed by atoms with van der Waals surface area (Å²) in [5.41, 5.74) is 0. The third-order valence-electron chi connectivity index (χ3n) is 3.44. The van der Waals surface area contributed by atoms with Crippen molar-refractivity contribution >= 4 is 41.5 Å². The Bertz CT molecular complexity index is 693. The quantitative estimate of drug-likeness (QED) is 0.393. The highest BCUT2D eigenvalue weighted by Crippen LogP contribution is 2.18. The van der Waals surface area contributed by atoms with Crippen LogP contribution in [-0.4, -0.2) is 52.4 Å². The summed E-state index contributed by atoms with van der Waals surface area (Å²) in [4.78, 5) is 10.5. The predicted octanol–water partition coefficient (Wildman–Crippen LogP) is 2.56. The van der Waals surface area contributed by atoms with Gasteiger partial charge in [-0.1, -0.05) is 17.7 Å². The second-order valence-electron chi connectivity index (χ2n) is 5.47. The average Bonchev–Trinajstić information content (AvgIpc) is 2.93. The molecule has 0 amide bonds. The second kappa shape index (κ2) is 10.4. The van der Waals surface area contributed by atoms with Crippen molar-refractivity contribution in [3.05, 3.63) is 41.4 Å². The van der Waals surface area contributed by atoms with Crippen molar-refractivity contribution in [3.8, 4) is 5.75 Å². The van der Waals surface area contributed by atoms with Crippen LogP contribution in [0.25, 0.3) is 0 Å². The number of hydrogen-bond donors (Lipinski definition) is 1. The van der Waals surface area contributed by atoms with Gasteiger partial charge in [0.05, 0.1) is 13.1 Å². The number of guanidine groups is 1. The van der Waals surface area contributed by atoms with E-state index in [2.05, 4.69) is 20.4 Å². The fourth-order valence-corrected chi connectivity index (χ4v) is 2.36. The number of nitrogens with one attached hydrogen (secondary N) is 1. The van der Waals surface area contributed by atoms with Gasteiger partial charge in [0.15, 0.2) is 5.96 Å². The lowest BCUT2D eigenvalue weighted by molar-refractivity contribution is 0.222. The van der Waals surface area contributed by atoms with Gasteiger partial charge in [0, 0.05) is 26.2 Å². The zero-order valence-electron chi connectivity index (χ0n) is 14.8. The third-order valence-corrected chi connectivity index (χ3v) is 3.67. The number of ether oxygens (including phenoxy) is 1. The van der Waals surface area contributed by atoms with Gasteiger partial charge in [0.1, 0.15) is 24.0 Å². The van der Waals surface area contributed by atoms with Gasteiger partial charge in [-0.2, -0.15) is 5.10 Å². The molecule has 0 spiro atoms. The first-order valence-corrected chi connectivity index (χ1v) is 8.04. The Hall–Kier alpha value is -1.55. The number of aromatic nitrogens is 3. The maximum absolute atomic E-state index is 5.97. The fourth-order valence-electron chi connectivity index (χ4n) is 2.18. The van der Waals surface area contributed by atoms with Gasteiger partial charge in [-0.15, -0.1) is 24.0 Å². The number of hydrogen-bond acceptors (Lipinski definition) is 4. The molecule has 0 saturated carbocycles. The summed E-state index contributed by atoms with van der Waals surface area (Å²) in [6.07, 6.45) is 1.50. The molecule has 1 heterocycles. The molecule has 1 aromatic heterocycles. The maximum atomic E-state index is 5.97. The Morgan fingerprint density at radius 1 is 1.48 bits per heavy atom. The molecular formula is C16H24ClIN6O. The molecule has 0 saturated heterocycles. The molecule has 0 aliphatic carbocycles. The minimum Gasteiger partial charge on any atom is -0.489 e. The van der Waals surface area contributed by atoms with Crippen molar-refractivity contribution in [3.63, 3.8) is 0 Å². The minimum absolute atomic E-state index is 0. The van der Waals surface area contributed by atoms with E-state index in [0.717, 1.165) is 17.5 Å². The molecule has 1 unspecified atom stereocenters. The van der Waals surface area contributed by atoms with E-state index in [1.165, 1.54) is 0 Å². The van der Waals surface area contributed by atoms with Gasteiger partial charge in [0.2, 0.25) is 0 Å². The molecule has 0 aliphatic heterocycles. The van der Waals surface area contributed by atoms with Gasteiger partial charge in [-0.3, -0.25) is 9.67 Å². The molecule has 1 N–H and O–H groups in total. The Labute approximate surface area is 170 Å². The Morgan fingerprint density at radius 3 is 2.84 bits per heavy atom. The molecule has 9 heteroatoms. The van der Waals surface area contributed by atoms with Crippen LogP contribution in [0.4, 0.5) is 0 Å². The number of aryl methyl sites for hydroxylation is 1. The number of rotatable bonds is 6. The SMILES string of the molecule is CN=C(NCC(C)Oc1cccc(Cl)c1)N(C)Cc1ncnn1C.I. The van der Waals surface area contributed by atoms with Gasteiger partial charge in [0.25, 0.3) is 0 Å². The average molecular weight is 479 g/mol. The molecule has 2 aromatic rings. The summed E-state index contributed by atoms with van der Waals surface area (Å²) in [6.45, 7) is 3.21. The van der Waals surface area contributed by atoms with Gasteiger partial charge in [-0.25, -0.2) is 4.98 Å². The summed E-state index contributed by atoms with van der Waals surface area (Å²) in [7, 11) is 5.57. The van der Waals surface area contributed by atoms with E-state index in [0.29, 0.717) is 18.1 Å². The van der Waals surface area contributed by atoms with Crippen LogP contribution in [0.5, 0.6) is 5.75 Å². The summed E-state index contributed by atoms with van der Waals surface area (Å²) >= 11 is 5.97. The first-order chi connectivity index (χ1) is 11.5. The molecule has 0 aliphatic rings. The molecule has 0 bridgehead atoms. The highest BCUT2D eigenvalue weighted by atomic mass is 127. The van der Waals surface area contributed by atoms with E-state index in [-0.39, 0.29) is 30.1 Å². The lowest BCUT2D eigenvalue weighted by Crippen LogP contribution is -2.42. The second-order valence-corrected chi connectivity index (χ2v) is 5.91. The molecule has 25 heavy (non-hydrogen) atoms. The maximum Gasteiger partial charge on any atom is 0.193 e. The molecule has 2 rings (SSSR count). The highest BCUT2D eigenvalue weighted by Gasteiger charge is 2.12. The number of benzene rings is 1. The Balaban J connectivity index is 0.00000312. The molecule has 1 aromatic carbocycles. The topological polar surface area (TPSA) is 67.6 Å². The van der Waals surface area contributed by atoms with Crippen molar-refractivity contribution in [2.24, 2.45) is 12.0 Å². The fraction of sp³-hybridized carbons (Fsp3) is 0.438. The molecule has 1 atom stereocenters. The van der Waals surface area contributed by atoms with Crippen LogP contribution in [0.3, 0.4) is 0 Å². The van der Waals surface area contributed by atoms with Crippen molar-refractivity contribution in [2.75, 3.05) is 20.6 Å². The van der Waals surface area contributed by atoms with E-state index in [1.54, 1.807) is 24.1 Å². The minimum atomic E-state index is -0.0385. The zero-order chi connectivity index (χ0) is 17.5. The molecular weight excluding hydrogens is 455 g/mol. The van der Waals surface area contributed by atoms with Crippen LogP contribution in [0.2, 0.25) is 5.02 Å². The van der Waals surface area contributed by atoms with Crippen LogP contribution in [0.1, 0.15) is 12.7 Å². The predicted molar refractivity (Wildman–Crippen MR) is 111 cm³/mol. The van der Waals surface area contributed by atoms with E-state index >= 15 is 0 Å². The lowest BCUT2D eigenvalue weighted by atomic mass is 10.3. The van der Waals surface area contributed by atoms with Crippen molar-refractivity contribution in [2.45, 2.75) is 19.6 Å². The highest BCUT2D eigenvalue weighted by molar-refractivity contribution is 14.0. The molecule has 7 nitrogen and oxygen atoms in total. The lowest BCUT2D eigenvalue weighted by Gasteiger charge is -2.23. The summed E-state index contributed by atoms with van der Waals surface area (Å²) in [6, 6.07) is 7.37. The first-order valence-electron chi connectivity index (χ1n) is 7.66. The van der Waals surface area contributed by atoms with Crippen LogP contribution in [0.15, 0.2) is 35.6 Å². The molecule has 138 valence electrons. The van der Waals surface area contributed by atoms with Gasteiger partial charge < -0.3 is 15.0 Å². The van der Waals surface area contributed by atoms with E-state index in [4.69, 9.17) is 16.3 Å². The first kappa shape index (κ1) is 21.5. The third kappa shape index (κ3) is 6.69. The van der Waals surface area contributed by atoms with Crippen LogP contribution < -0.4 is 10.1 Å². The largest absolute Gasteiger partial charge is 0.489 e. The van der Waals surface area contributed by atoms with Crippen molar-refractivity contribution in [1.82, 2.24) is 25.0 Å². The summed E-state index contributed by atoms with van der Waals surface area (Å²) in [5, 5.41) is 8.03. The Kier molecular flexibility index (Phi) is 8.98.